The van der Waals surface area contributed by atoms with E-state index in [-0.39, 0.29) is 12.3 Å². The average molecular weight is 514 g/mol. The van der Waals surface area contributed by atoms with E-state index in [1.165, 1.54) is 0 Å². The third-order valence-electron chi connectivity index (χ3n) is 4.68. The van der Waals surface area contributed by atoms with Crippen LogP contribution in [0.1, 0.15) is 16.2 Å². The molecule has 4 rings (SSSR count). The van der Waals surface area contributed by atoms with Crippen molar-refractivity contribution in [2.75, 3.05) is 5.32 Å². The molecule has 1 aromatic heterocycles. The molecule has 4 aromatic rings. The minimum absolute atomic E-state index is 0.0569. The highest BCUT2D eigenvalue weighted by Crippen LogP contribution is 2.17. The summed E-state index contributed by atoms with van der Waals surface area (Å²) in [5, 5.41) is 8.67. The van der Waals surface area contributed by atoms with Crippen LogP contribution in [0.25, 0.3) is 5.69 Å². The average Bonchev–Trinajstić information content (AvgIpc) is 3.09. The molecule has 0 fully saturated rings. The number of carbonyl (C=O) groups is 1. The van der Waals surface area contributed by atoms with Crippen LogP contribution in [0, 0.1) is 4.77 Å². The van der Waals surface area contributed by atoms with Crippen molar-refractivity contribution in [2.24, 2.45) is 0 Å². The van der Waals surface area contributed by atoms with Gasteiger partial charge in [0, 0.05) is 26.4 Å². The van der Waals surface area contributed by atoms with E-state index in [1.807, 2.05) is 71.3 Å². The Morgan fingerprint density at radius 2 is 1.68 bits per heavy atom. The fourth-order valence-electron chi connectivity index (χ4n) is 3.12. The molecule has 0 aliphatic rings. The molecule has 0 aliphatic heterocycles. The molecule has 0 spiro atoms. The molecule has 31 heavy (non-hydrogen) atoms. The quantitative estimate of drug-likeness (QED) is 0.232. The Labute approximate surface area is 198 Å². The molecule has 0 saturated carbocycles. The first-order valence-electron chi connectivity index (χ1n) is 9.53. The van der Waals surface area contributed by atoms with E-state index in [0.29, 0.717) is 27.7 Å². The Kier molecular flexibility index (Phi) is 6.65. The van der Waals surface area contributed by atoms with Crippen molar-refractivity contribution >= 4 is 51.2 Å². The van der Waals surface area contributed by atoms with Crippen molar-refractivity contribution in [3.8, 4) is 5.69 Å². The number of hydrogen-bond donors (Lipinski definition) is 1. The van der Waals surface area contributed by atoms with Gasteiger partial charge < -0.3 is 5.32 Å². The topological polar surface area (TPSA) is 51.9 Å². The second-order valence-corrected chi connectivity index (χ2v) is 8.54. The SMILES string of the molecule is O=C(Cn1nc(CNc2ccc(Cl)cc2)n(-c2ccccc2)c1=S)c1ccc(Br)cc1. The largest absolute Gasteiger partial charge is 0.378 e. The maximum Gasteiger partial charge on any atom is 0.203 e. The molecule has 0 aliphatic carbocycles. The van der Waals surface area contributed by atoms with Gasteiger partial charge in [0.2, 0.25) is 4.77 Å². The lowest BCUT2D eigenvalue weighted by molar-refractivity contribution is 0.0967. The van der Waals surface area contributed by atoms with Crippen LogP contribution >= 0.6 is 39.7 Å². The first-order chi connectivity index (χ1) is 15.0. The summed E-state index contributed by atoms with van der Waals surface area (Å²) in [6.07, 6.45) is 0. The second kappa shape index (κ2) is 9.60. The monoisotopic (exact) mass is 512 g/mol. The third-order valence-corrected chi connectivity index (χ3v) is 5.85. The number of nitrogens with one attached hydrogen (secondary N) is 1. The number of para-hydroxylation sites is 1. The van der Waals surface area contributed by atoms with Gasteiger partial charge in [0.1, 0.15) is 6.54 Å². The highest BCUT2D eigenvalue weighted by atomic mass is 79.9. The normalized spacial score (nSPS) is 10.8. The first kappa shape index (κ1) is 21.5. The van der Waals surface area contributed by atoms with Crippen molar-refractivity contribution in [3.63, 3.8) is 0 Å². The molecular formula is C23H18BrClN4OS. The molecule has 0 atom stereocenters. The van der Waals surface area contributed by atoms with Crippen LogP contribution in [0.2, 0.25) is 5.02 Å². The van der Waals surface area contributed by atoms with Gasteiger partial charge in [0.25, 0.3) is 0 Å². The lowest BCUT2D eigenvalue weighted by Gasteiger charge is -2.08. The lowest BCUT2D eigenvalue weighted by Crippen LogP contribution is -2.12. The summed E-state index contributed by atoms with van der Waals surface area (Å²) in [7, 11) is 0. The molecule has 1 N–H and O–H groups in total. The van der Waals surface area contributed by atoms with Crippen molar-refractivity contribution in [2.45, 2.75) is 13.1 Å². The summed E-state index contributed by atoms with van der Waals surface area (Å²) in [5.74, 6) is 0.647. The molecule has 156 valence electrons. The molecule has 5 nitrogen and oxygen atoms in total. The highest BCUT2D eigenvalue weighted by molar-refractivity contribution is 9.10. The third kappa shape index (κ3) is 5.12. The van der Waals surface area contributed by atoms with Gasteiger partial charge in [-0.1, -0.05) is 57.9 Å². The minimum Gasteiger partial charge on any atom is -0.378 e. The van der Waals surface area contributed by atoms with Gasteiger partial charge >= 0.3 is 0 Å². The number of halogens is 2. The van der Waals surface area contributed by atoms with Crippen LogP contribution < -0.4 is 5.32 Å². The number of anilines is 1. The van der Waals surface area contributed by atoms with Crippen LogP contribution in [0.5, 0.6) is 0 Å². The summed E-state index contributed by atoms with van der Waals surface area (Å²) in [6, 6.07) is 24.5. The van der Waals surface area contributed by atoms with Crippen LogP contribution in [0.3, 0.4) is 0 Å². The Hall–Kier alpha value is -2.74. The van der Waals surface area contributed by atoms with Crippen LogP contribution in [0.4, 0.5) is 5.69 Å². The van der Waals surface area contributed by atoms with E-state index in [4.69, 9.17) is 23.8 Å². The Bertz CT molecular complexity index is 1250. The Balaban J connectivity index is 1.64. The van der Waals surface area contributed by atoms with Gasteiger partial charge in [-0.05, 0) is 60.7 Å². The predicted molar refractivity (Wildman–Crippen MR) is 130 cm³/mol. The number of carbonyl (C=O) groups excluding carboxylic acids is 1. The predicted octanol–water partition coefficient (Wildman–Crippen LogP) is 6.31. The van der Waals surface area contributed by atoms with E-state index in [9.17, 15) is 4.79 Å². The molecular weight excluding hydrogens is 496 g/mol. The minimum atomic E-state index is -0.0569. The van der Waals surface area contributed by atoms with Gasteiger partial charge in [-0.3, -0.25) is 9.36 Å². The summed E-state index contributed by atoms with van der Waals surface area (Å²) in [4.78, 5) is 12.8. The maximum atomic E-state index is 12.8. The zero-order valence-electron chi connectivity index (χ0n) is 16.3. The van der Waals surface area contributed by atoms with E-state index in [2.05, 4.69) is 26.3 Å². The Morgan fingerprint density at radius 3 is 2.35 bits per heavy atom. The van der Waals surface area contributed by atoms with Crippen LogP contribution in [0.15, 0.2) is 83.3 Å². The van der Waals surface area contributed by atoms with Gasteiger partial charge in [-0.15, -0.1) is 0 Å². The molecule has 3 aromatic carbocycles. The van der Waals surface area contributed by atoms with Gasteiger partial charge in [0.05, 0.1) is 6.54 Å². The molecule has 8 heteroatoms. The fourth-order valence-corrected chi connectivity index (χ4v) is 3.83. The zero-order valence-corrected chi connectivity index (χ0v) is 19.5. The number of ketones is 1. The number of rotatable bonds is 7. The van der Waals surface area contributed by atoms with Crippen LogP contribution in [-0.4, -0.2) is 20.1 Å². The summed E-state index contributed by atoms with van der Waals surface area (Å²) >= 11 is 15.0. The van der Waals surface area contributed by atoms with Gasteiger partial charge in [0.15, 0.2) is 11.6 Å². The summed E-state index contributed by atoms with van der Waals surface area (Å²) < 4.78 is 4.84. The molecule has 0 saturated heterocycles. The smallest absolute Gasteiger partial charge is 0.203 e. The number of Topliss-reactive ketones (excluding diaryl/α,β-unsaturated/α-hetero) is 1. The van der Waals surface area contributed by atoms with Gasteiger partial charge in [-0.2, -0.15) is 5.10 Å². The van der Waals surface area contributed by atoms with Gasteiger partial charge in [-0.25, -0.2) is 4.68 Å². The van der Waals surface area contributed by atoms with Crippen molar-refractivity contribution in [3.05, 3.63) is 105 Å². The molecule has 0 unspecified atom stereocenters. The Morgan fingerprint density at radius 1 is 1.00 bits per heavy atom. The second-order valence-electron chi connectivity index (χ2n) is 6.82. The lowest BCUT2D eigenvalue weighted by atomic mass is 10.1. The highest BCUT2D eigenvalue weighted by Gasteiger charge is 2.15. The molecule has 1 heterocycles. The van der Waals surface area contributed by atoms with E-state index < -0.39 is 0 Å². The first-order valence-corrected chi connectivity index (χ1v) is 11.1. The summed E-state index contributed by atoms with van der Waals surface area (Å²) in [6.45, 7) is 0.494. The maximum absolute atomic E-state index is 12.8. The van der Waals surface area contributed by atoms with E-state index in [1.54, 1.807) is 16.8 Å². The van der Waals surface area contributed by atoms with Crippen molar-refractivity contribution in [1.29, 1.82) is 0 Å². The number of aromatic nitrogens is 3. The molecule has 0 bridgehead atoms. The standard InChI is InChI=1S/C23H18BrClN4OS/c24-17-8-6-16(7-9-17)21(30)15-28-23(31)29(20-4-2-1-3-5-20)22(27-28)14-26-19-12-10-18(25)11-13-19/h1-13,26H,14-15H2. The van der Waals surface area contributed by atoms with Crippen molar-refractivity contribution in [1.82, 2.24) is 14.3 Å². The summed E-state index contributed by atoms with van der Waals surface area (Å²) in [5.41, 5.74) is 2.42. The zero-order chi connectivity index (χ0) is 21.8. The molecule has 0 amide bonds. The number of nitrogens with zero attached hydrogens (tertiary/aromatic N) is 3. The number of hydrogen-bond acceptors (Lipinski definition) is 4. The molecule has 0 radical (unpaired) electrons. The van der Waals surface area contributed by atoms with Crippen LogP contribution in [-0.2, 0) is 13.1 Å². The number of benzene rings is 3. The van der Waals surface area contributed by atoms with E-state index >= 15 is 0 Å². The fraction of sp³-hybridized carbons (Fsp3) is 0.0870. The van der Waals surface area contributed by atoms with Crippen molar-refractivity contribution < 1.29 is 4.79 Å². The van der Waals surface area contributed by atoms with E-state index in [0.717, 1.165) is 15.8 Å².